The summed E-state index contributed by atoms with van der Waals surface area (Å²) in [6, 6.07) is 20.0. The number of unbranched alkanes of at least 4 members (excludes halogenated alkanes) is 1. The molecule has 0 aliphatic carbocycles. The third-order valence-electron chi connectivity index (χ3n) is 9.80. The lowest BCUT2D eigenvalue weighted by atomic mass is 10.1. The van der Waals surface area contributed by atoms with Gasteiger partial charge in [-0.15, -0.1) is 8.67 Å². The van der Waals surface area contributed by atoms with Crippen molar-refractivity contribution in [3.05, 3.63) is 165 Å². The lowest BCUT2D eigenvalue weighted by Crippen LogP contribution is -2.25. The van der Waals surface area contributed by atoms with Crippen LogP contribution in [-0.4, -0.2) is 149 Å². The van der Waals surface area contributed by atoms with Crippen LogP contribution >= 0.6 is 24.1 Å². The Bertz CT molecular complexity index is 3330. The van der Waals surface area contributed by atoms with E-state index in [4.69, 9.17) is 69.2 Å². The highest BCUT2D eigenvalue weighted by molar-refractivity contribution is 7.95. The zero-order valence-corrected chi connectivity index (χ0v) is 54.4. The molecule has 92 heavy (non-hydrogen) atoms. The first-order chi connectivity index (χ1) is 42.9. The maximum absolute atomic E-state index is 12.2. The second kappa shape index (κ2) is 46.6. The molecular weight excluding hydrogens is 1310 g/mol. The summed E-state index contributed by atoms with van der Waals surface area (Å²) in [6.07, 6.45) is 3.95. The fourth-order valence-electron chi connectivity index (χ4n) is 5.99. The molecule has 23 N–H and O–H groups in total. The Morgan fingerprint density at radius 3 is 1.16 bits per heavy atom. The zero-order valence-electron chi connectivity index (χ0n) is 50.3. The Morgan fingerprint density at radius 1 is 0.424 bits per heavy atom. The predicted molar refractivity (Wildman–Crippen MR) is 351 cm³/mol. The van der Waals surface area contributed by atoms with Crippen molar-refractivity contribution < 1.29 is 93.2 Å². The van der Waals surface area contributed by atoms with Crippen LogP contribution in [0.2, 0.25) is 0 Å². The third-order valence-corrected chi connectivity index (χ3v) is 15.7. The maximum atomic E-state index is 12.2. The van der Waals surface area contributed by atoms with Gasteiger partial charge in [0.05, 0.1) is 73.7 Å². The highest BCUT2D eigenvalue weighted by atomic mass is 32.2. The molecule has 4 rings (SSSR count). The highest BCUT2D eigenvalue weighted by Gasteiger charge is 2.23. The number of benzene rings is 4. The van der Waals surface area contributed by atoms with Crippen molar-refractivity contribution in [1.82, 2.24) is 31.9 Å². The second-order valence-corrected chi connectivity index (χ2v) is 25.4. The average Bonchev–Trinajstić information content (AvgIpc) is 0.791. The monoisotopic (exact) mass is 1390 g/mol. The van der Waals surface area contributed by atoms with Crippen LogP contribution in [0.3, 0.4) is 0 Å². The number of aliphatic carboxylic acids is 5. The first-order valence-electron chi connectivity index (χ1n) is 26.4. The van der Waals surface area contributed by atoms with Crippen LogP contribution < -0.4 is 76.1 Å². The number of fused-ring (bicyclic) bond motifs is 1. The number of nitrogens with one attached hydrogen (secondary N) is 6. The van der Waals surface area contributed by atoms with Crippen molar-refractivity contribution in [2.24, 2.45) is 34.4 Å². The molecule has 0 aliphatic heterocycles. The van der Waals surface area contributed by atoms with E-state index >= 15 is 0 Å². The number of sulfone groups is 3. The normalized spacial score (nSPS) is 10.3. The van der Waals surface area contributed by atoms with Crippen LogP contribution in [0.15, 0.2) is 174 Å². The smallest absolute Gasteiger partial charge is 0.319 e. The SMILES string of the molecule is C=C(N)NCCCCNC(=C)N.C=C(N)NCCCNC(=C)N.C=C(N)NCCCNC(=C)N.Cc1ccc(S(=O)(=O)CC(=O)O)cc1.O=C(O)CSOOc1cccc(S(=O)(=O)CC(=O)O)c1.O=C(O)CSOOc1cccc2c(S(=O)(=O)CC(=O)O)cccc12. The number of hydrogen-bond acceptors (Lipinski definition) is 29. The Hall–Kier alpha value is -9.40. The van der Waals surface area contributed by atoms with Gasteiger partial charge in [-0.05, 0) is 69.0 Å². The Balaban J connectivity index is 0. The lowest BCUT2D eigenvalue weighted by molar-refractivity contribution is -0.135. The van der Waals surface area contributed by atoms with Gasteiger partial charge in [0, 0.05) is 56.1 Å². The number of rotatable bonds is 38. The van der Waals surface area contributed by atoms with Gasteiger partial charge in [0.1, 0.15) is 11.5 Å². The molecule has 0 fully saturated rings. The molecule has 4 aromatic carbocycles. The Kier molecular flexibility index (Phi) is 42.9. The minimum atomic E-state index is -4.02. The van der Waals surface area contributed by atoms with Crippen molar-refractivity contribution in [1.29, 1.82) is 0 Å². The van der Waals surface area contributed by atoms with Gasteiger partial charge in [0.2, 0.25) is 0 Å². The number of carboxylic acids is 5. The maximum Gasteiger partial charge on any atom is 0.319 e. The average molecular weight is 1390 g/mol. The van der Waals surface area contributed by atoms with Crippen LogP contribution in [0.4, 0.5) is 0 Å². The van der Waals surface area contributed by atoms with E-state index in [1.165, 1.54) is 60.7 Å². The van der Waals surface area contributed by atoms with E-state index in [1.807, 2.05) is 6.92 Å². The van der Waals surface area contributed by atoms with Crippen molar-refractivity contribution >= 4 is 94.2 Å². The van der Waals surface area contributed by atoms with Crippen LogP contribution in [-0.2, 0) is 62.2 Å². The minimum absolute atomic E-state index is 0.00866. The third kappa shape index (κ3) is 44.9. The van der Waals surface area contributed by atoms with Gasteiger partial charge in [-0.2, -0.15) is 0 Å². The molecule has 32 nitrogen and oxygen atoms in total. The van der Waals surface area contributed by atoms with E-state index in [0.29, 0.717) is 64.4 Å². The van der Waals surface area contributed by atoms with Gasteiger partial charge in [-0.25, -0.2) is 25.3 Å². The van der Waals surface area contributed by atoms with E-state index in [-0.39, 0.29) is 43.1 Å². The Morgan fingerprint density at radius 2 is 0.772 bits per heavy atom. The molecule has 512 valence electrons. The summed E-state index contributed by atoms with van der Waals surface area (Å²) in [5.41, 5.74) is 32.6. The zero-order chi connectivity index (χ0) is 70.5. The molecule has 0 unspecified atom stereocenters. The molecule has 0 aromatic heterocycles. The summed E-state index contributed by atoms with van der Waals surface area (Å²) in [4.78, 5) is 61.5. The van der Waals surface area contributed by atoms with Gasteiger partial charge in [-0.3, -0.25) is 24.0 Å². The standard InChI is InChI=1S/C14H12O8S2.C10H10O8S2.C9H10O4S.C8H18N4.2C7H16N4/c15-13(16)7-23-22-21-11-5-1-4-10-9(11)3-2-6-12(10)24(19,20)8-14(17)18;11-9(12)5-19-18-17-7-2-1-3-8(4-7)20(15,16)6-10(13)14;1-7-2-4-8(5-3-7)14(12,13)6-9(10)11;1-7(9)11-5-3-4-6-12-8(2)10;2*1-6(8)10-4-3-5-11-7(2)9/h1-6H,7-8H2,(H,15,16)(H,17,18);1-4H,5-6H2,(H,11,12)(H,13,14);2-5H,6H2,1H3,(H,10,11);11-12H,1-6,9-10H2;2*10-11H,1-5,8-9H2. The highest BCUT2D eigenvalue weighted by Crippen LogP contribution is 2.31. The van der Waals surface area contributed by atoms with E-state index in [1.54, 1.807) is 18.2 Å². The topological polar surface area (TPSA) is 554 Å². The van der Waals surface area contributed by atoms with E-state index in [9.17, 15) is 49.2 Å². The molecule has 4 aromatic rings. The van der Waals surface area contributed by atoms with Crippen LogP contribution in [0.1, 0.15) is 31.2 Å². The van der Waals surface area contributed by atoms with Crippen LogP contribution in [0.5, 0.6) is 11.5 Å². The molecule has 0 saturated heterocycles. The molecule has 0 aliphatic rings. The fourth-order valence-corrected chi connectivity index (χ4v) is 9.93. The summed E-state index contributed by atoms with van der Waals surface area (Å²) in [6.45, 7) is 27.7. The van der Waals surface area contributed by atoms with Gasteiger partial charge < -0.3 is 102 Å². The summed E-state index contributed by atoms with van der Waals surface area (Å²) in [7, 11) is -11.7. The number of carbonyl (C=O) groups is 5. The van der Waals surface area contributed by atoms with Gasteiger partial charge in [-0.1, -0.05) is 87.5 Å². The Labute approximate surface area is 542 Å². The number of hydrogen-bond donors (Lipinski definition) is 17. The summed E-state index contributed by atoms with van der Waals surface area (Å²) in [5, 5.41) is 60.6. The van der Waals surface area contributed by atoms with Crippen LogP contribution in [0.25, 0.3) is 10.8 Å². The largest absolute Gasteiger partial charge is 0.481 e. The molecule has 0 saturated carbocycles. The fraction of sp³-hybridized carbons (Fsp3) is 0.291. The summed E-state index contributed by atoms with van der Waals surface area (Å²) >= 11 is 1.08. The van der Waals surface area contributed by atoms with E-state index < -0.39 is 76.6 Å². The van der Waals surface area contributed by atoms with Crippen LogP contribution in [0, 0.1) is 6.92 Å². The second-order valence-electron chi connectivity index (χ2n) is 18.1. The molecule has 0 atom stereocenters. The number of nitrogens with two attached hydrogens (primary N) is 6. The lowest BCUT2D eigenvalue weighted by Gasteiger charge is -2.10. The predicted octanol–water partition coefficient (Wildman–Crippen LogP) is 1.82. The first kappa shape index (κ1) is 84.7. The van der Waals surface area contributed by atoms with Gasteiger partial charge >= 0.3 is 29.8 Å². The molecule has 37 heteroatoms. The first-order valence-corrected chi connectivity index (χ1v) is 33.2. The number of aryl methyl sites for hydroxylation is 1. The molecule has 0 amide bonds. The van der Waals surface area contributed by atoms with E-state index in [0.717, 1.165) is 76.6 Å². The summed E-state index contributed by atoms with van der Waals surface area (Å²) < 4.78 is 79.6. The molecule has 0 radical (unpaired) electrons. The molecule has 0 heterocycles. The number of carboxylic acid groups (broad SMARTS) is 5. The van der Waals surface area contributed by atoms with E-state index in [2.05, 4.69) is 80.6 Å². The van der Waals surface area contributed by atoms with Crippen molar-refractivity contribution in [2.75, 3.05) is 68.0 Å². The van der Waals surface area contributed by atoms with Crippen molar-refractivity contribution in [2.45, 2.75) is 47.3 Å². The molecule has 0 bridgehead atoms. The van der Waals surface area contributed by atoms with Crippen molar-refractivity contribution in [3.8, 4) is 11.5 Å². The van der Waals surface area contributed by atoms with Crippen molar-refractivity contribution in [3.63, 3.8) is 0 Å². The molecule has 0 spiro atoms. The molecular formula is C55H82N12O20S5. The van der Waals surface area contributed by atoms with Gasteiger partial charge in [0.25, 0.3) is 0 Å². The summed E-state index contributed by atoms with van der Waals surface area (Å²) in [5.74, 6) is -6.84. The minimum Gasteiger partial charge on any atom is -0.481 e. The van der Waals surface area contributed by atoms with Gasteiger partial charge in [0.15, 0.2) is 58.3 Å². The quantitative estimate of drug-likeness (QED) is 0.0132.